The van der Waals surface area contributed by atoms with Gasteiger partial charge in [0.25, 0.3) is 0 Å². The van der Waals surface area contributed by atoms with E-state index in [1.54, 1.807) is 0 Å². The van der Waals surface area contributed by atoms with Gasteiger partial charge in [0.05, 0.1) is 28.1 Å². The molecule has 4 heterocycles. The van der Waals surface area contributed by atoms with Crippen LogP contribution in [0.2, 0.25) is 0 Å². The topological polar surface area (TPSA) is 47.1 Å². The van der Waals surface area contributed by atoms with Crippen LogP contribution in [-0.4, -0.2) is 14.5 Å². The Morgan fingerprint density at radius 3 is 2.04 bits per heavy atom. The third-order valence-corrected chi connectivity index (χ3v) is 11.8. The van der Waals surface area contributed by atoms with Crippen LogP contribution in [0.4, 0.5) is 17.1 Å². The smallest absolute Gasteiger partial charge is 0.145 e. The molecule has 6 aromatic carbocycles. The van der Waals surface area contributed by atoms with E-state index in [-0.39, 0.29) is 10.8 Å². The first-order valence-corrected chi connectivity index (χ1v) is 19.9. The summed E-state index contributed by atoms with van der Waals surface area (Å²) in [5, 5.41) is 6.93. The Labute approximate surface area is 333 Å². The SMILES string of the molecule is Cc1cccc(C)c1N(c1ccc2c3ccccc3n(-c3cc(C(C)(C)C)ccn3)c2c1)c1cc(-c2cc(C(C)(C)C)ccn2)c2oc3cccc4ccc1c2c43. The van der Waals surface area contributed by atoms with E-state index >= 15 is 0 Å². The molecule has 5 nitrogen and oxygen atoms in total. The Bertz CT molecular complexity index is 3170. The van der Waals surface area contributed by atoms with Crippen LogP contribution < -0.4 is 4.90 Å². The van der Waals surface area contributed by atoms with Crippen molar-refractivity contribution in [2.24, 2.45) is 0 Å². The van der Waals surface area contributed by atoms with Gasteiger partial charge in [0.1, 0.15) is 17.0 Å². The van der Waals surface area contributed by atoms with E-state index in [2.05, 4.69) is 186 Å². The molecule has 0 saturated heterocycles. The van der Waals surface area contributed by atoms with Crippen molar-refractivity contribution < 1.29 is 4.42 Å². The van der Waals surface area contributed by atoms with Crippen LogP contribution in [0.1, 0.15) is 63.8 Å². The van der Waals surface area contributed by atoms with Gasteiger partial charge in [-0.2, -0.15) is 0 Å². The van der Waals surface area contributed by atoms with Gasteiger partial charge >= 0.3 is 0 Å². The Morgan fingerprint density at radius 1 is 0.579 bits per heavy atom. The number of hydrogen-bond donors (Lipinski definition) is 0. The van der Waals surface area contributed by atoms with Crippen molar-refractivity contribution in [3.05, 3.63) is 156 Å². The molecule has 0 aliphatic rings. The quantitative estimate of drug-likeness (QED) is 0.165. The fourth-order valence-corrected chi connectivity index (χ4v) is 8.83. The maximum Gasteiger partial charge on any atom is 0.145 e. The van der Waals surface area contributed by atoms with Crippen LogP contribution in [0.5, 0.6) is 0 Å². The van der Waals surface area contributed by atoms with E-state index in [0.717, 1.165) is 77.9 Å². The van der Waals surface area contributed by atoms with Gasteiger partial charge in [-0.25, -0.2) is 4.98 Å². The molecule has 0 aliphatic heterocycles. The lowest BCUT2D eigenvalue weighted by molar-refractivity contribution is 0.588. The second-order valence-corrected chi connectivity index (χ2v) is 17.7. The van der Waals surface area contributed by atoms with Crippen molar-refractivity contribution in [3.8, 4) is 17.1 Å². The maximum atomic E-state index is 6.84. The molecule has 0 aliphatic carbocycles. The molecule has 0 radical (unpaired) electrons. The molecule has 0 spiro atoms. The minimum atomic E-state index is -0.0474. The summed E-state index contributed by atoms with van der Waals surface area (Å²) in [5.41, 5.74) is 13.9. The first-order chi connectivity index (χ1) is 27.4. The molecule has 57 heavy (non-hydrogen) atoms. The summed E-state index contributed by atoms with van der Waals surface area (Å²) in [7, 11) is 0. The number of nitrogens with zero attached hydrogens (tertiary/aromatic N) is 4. The van der Waals surface area contributed by atoms with Crippen molar-refractivity contribution in [3.63, 3.8) is 0 Å². The second kappa shape index (κ2) is 12.5. The van der Waals surface area contributed by atoms with Crippen LogP contribution in [0, 0.1) is 13.8 Å². The molecule has 0 atom stereocenters. The molecule has 10 rings (SSSR count). The number of para-hydroxylation sites is 2. The lowest BCUT2D eigenvalue weighted by atomic mass is 9.86. The number of aryl methyl sites for hydroxylation is 2. The minimum absolute atomic E-state index is 0.0234. The summed E-state index contributed by atoms with van der Waals surface area (Å²) >= 11 is 0. The van der Waals surface area contributed by atoms with E-state index in [0.29, 0.717) is 0 Å². The molecular weight excluding hydrogens is 697 g/mol. The molecule has 0 fully saturated rings. The molecule has 4 aromatic heterocycles. The van der Waals surface area contributed by atoms with Gasteiger partial charge in [0.2, 0.25) is 0 Å². The lowest BCUT2D eigenvalue weighted by Crippen LogP contribution is -2.14. The first kappa shape index (κ1) is 35.0. The zero-order chi connectivity index (χ0) is 39.4. The van der Waals surface area contributed by atoms with Crippen molar-refractivity contribution in [1.82, 2.24) is 14.5 Å². The van der Waals surface area contributed by atoms with Crippen LogP contribution in [0.25, 0.3) is 71.6 Å². The molecule has 5 heteroatoms. The first-order valence-electron chi connectivity index (χ1n) is 19.9. The van der Waals surface area contributed by atoms with E-state index in [9.17, 15) is 0 Å². The average Bonchev–Trinajstić information content (AvgIpc) is 3.75. The number of hydrogen-bond acceptors (Lipinski definition) is 4. The van der Waals surface area contributed by atoms with E-state index < -0.39 is 0 Å². The summed E-state index contributed by atoms with van der Waals surface area (Å²) in [5.74, 6) is 0.910. The number of anilines is 3. The summed E-state index contributed by atoms with van der Waals surface area (Å²) < 4.78 is 9.18. The maximum absolute atomic E-state index is 6.84. The predicted molar refractivity (Wildman–Crippen MR) is 239 cm³/mol. The van der Waals surface area contributed by atoms with Crippen LogP contribution in [-0.2, 0) is 10.8 Å². The Morgan fingerprint density at radius 2 is 1.26 bits per heavy atom. The van der Waals surface area contributed by atoms with Gasteiger partial charge in [-0.3, -0.25) is 9.55 Å². The van der Waals surface area contributed by atoms with Crippen molar-refractivity contribution in [2.45, 2.75) is 66.2 Å². The number of rotatable bonds is 5. The highest BCUT2D eigenvalue weighted by Crippen LogP contribution is 2.50. The third-order valence-electron chi connectivity index (χ3n) is 11.8. The predicted octanol–water partition coefficient (Wildman–Crippen LogP) is 14.4. The van der Waals surface area contributed by atoms with Gasteiger partial charge in [-0.1, -0.05) is 108 Å². The van der Waals surface area contributed by atoms with Gasteiger partial charge in [-0.05, 0) is 107 Å². The van der Waals surface area contributed by atoms with Gasteiger partial charge in [0.15, 0.2) is 0 Å². The van der Waals surface area contributed by atoms with Gasteiger partial charge in [0, 0.05) is 50.6 Å². The Hall–Kier alpha value is -6.46. The van der Waals surface area contributed by atoms with Crippen LogP contribution >= 0.6 is 0 Å². The molecule has 280 valence electrons. The fourth-order valence-electron chi connectivity index (χ4n) is 8.83. The highest BCUT2D eigenvalue weighted by atomic mass is 16.3. The summed E-state index contributed by atoms with van der Waals surface area (Å²) in [4.78, 5) is 12.5. The Balaban J connectivity index is 1.32. The molecule has 0 bridgehead atoms. The van der Waals surface area contributed by atoms with E-state index in [1.807, 2.05) is 12.4 Å². The lowest BCUT2D eigenvalue weighted by Gasteiger charge is -2.30. The van der Waals surface area contributed by atoms with Gasteiger partial charge < -0.3 is 9.32 Å². The number of benzene rings is 6. The standard InChI is InChI=1S/C52H46N4O/c1-31-13-11-14-32(2)49(31)55(36-20-22-38-37-16-9-10-17-42(37)56(43(38)29-36)46-28-35(24-26-54-46)52(6,7)8)44-30-40(41-27-34(23-25-53-41)51(3,4)5)50-48-39(44)21-19-33-15-12-18-45(57-50)47(33)48/h9-30H,1-8H3. The van der Waals surface area contributed by atoms with E-state index in [1.165, 1.54) is 33.0 Å². The Kier molecular flexibility index (Phi) is 7.69. The largest absolute Gasteiger partial charge is 0.455 e. The highest BCUT2D eigenvalue weighted by Gasteiger charge is 2.27. The second-order valence-electron chi connectivity index (χ2n) is 17.7. The minimum Gasteiger partial charge on any atom is -0.455 e. The summed E-state index contributed by atoms with van der Waals surface area (Å²) in [6.07, 6.45) is 3.89. The monoisotopic (exact) mass is 742 g/mol. The molecule has 10 aromatic rings. The van der Waals surface area contributed by atoms with Gasteiger partial charge in [-0.15, -0.1) is 0 Å². The number of aromatic nitrogens is 3. The third kappa shape index (κ3) is 5.51. The molecule has 0 N–H and O–H groups in total. The number of fused-ring (bicyclic) bond motifs is 3. The summed E-state index contributed by atoms with van der Waals surface area (Å²) in [6.45, 7) is 17.9. The molecule has 0 saturated carbocycles. The average molecular weight is 743 g/mol. The van der Waals surface area contributed by atoms with Crippen molar-refractivity contribution >= 4 is 71.6 Å². The molecule has 0 amide bonds. The van der Waals surface area contributed by atoms with Crippen molar-refractivity contribution in [2.75, 3.05) is 4.90 Å². The molecule has 0 unspecified atom stereocenters. The van der Waals surface area contributed by atoms with Crippen LogP contribution in [0.3, 0.4) is 0 Å². The zero-order valence-electron chi connectivity index (χ0n) is 33.9. The highest BCUT2D eigenvalue weighted by molar-refractivity contribution is 6.27. The van der Waals surface area contributed by atoms with Crippen LogP contribution in [0.15, 0.2) is 138 Å². The number of furan rings is 1. The van der Waals surface area contributed by atoms with Crippen molar-refractivity contribution in [1.29, 1.82) is 0 Å². The van der Waals surface area contributed by atoms with E-state index in [4.69, 9.17) is 14.4 Å². The summed E-state index contributed by atoms with van der Waals surface area (Å²) in [6, 6.07) is 44.1. The molecular formula is C52H46N4O. The number of pyridine rings is 2. The normalized spacial score (nSPS) is 12.6. The zero-order valence-corrected chi connectivity index (χ0v) is 33.9. The fraction of sp³-hybridized carbons (Fsp3) is 0.192.